The third-order valence-electron chi connectivity index (χ3n) is 6.08. The molecule has 0 bridgehead atoms. The first-order valence-electron chi connectivity index (χ1n) is 11.1. The maximum absolute atomic E-state index is 12.8. The highest BCUT2D eigenvalue weighted by Crippen LogP contribution is 2.33. The van der Waals surface area contributed by atoms with Crippen LogP contribution in [0.4, 0.5) is 4.79 Å². The molecule has 10 heteroatoms. The third-order valence-corrected chi connectivity index (χ3v) is 7.85. The molecular weight excluding hydrogens is 446 g/mol. The molecule has 5 heterocycles. The van der Waals surface area contributed by atoms with Gasteiger partial charge in [0.1, 0.15) is 10.7 Å². The van der Waals surface area contributed by atoms with Gasteiger partial charge in [-0.25, -0.2) is 9.78 Å². The zero-order valence-corrected chi connectivity index (χ0v) is 19.5. The highest BCUT2D eigenvalue weighted by Gasteiger charge is 2.23. The Labute approximate surface area is 194 Å². The number of piperazine rings is 1. The highest BCUT2D eigenvalue weighted by atomic mass is 32.1. The van der Waals surface area contributed by atoms with E-state index in [0.29, 0.717) is 43.5 Å². The Morgan fingerprint density at radius 2 is 2.16 bits per heavy atom. The molecule has 5 rings (SSSR count). The van der Waals surface area contributed by atoms with Crippen LogP contribution in [0.2, 0.25) is 0 Å². The smallest absolute Gasteiger partial charge is 0.317 e. The number of nitrogens with zero attached hydrogens (tertiary/aromatic N) is 3. The number of aromatic amines is 1. The first-order valence-corrected chi connectivity index (χ1v) is 12.8. The fourth-order valence-corrected chi connectivity index (χ4v) is 6.11. The minimum absolute atomic E-state index is 0.00436. The Morgan fingerprint density at radius 1 is 1.28 bits per heavy atom. The topological polar surface area (TPSA) is 90.6 Å². The summed E-state index contributed by atoms with van der Waals surface area (Å²) in [4.78, 5) is 38.8. The monoisotopic (exact) mass is 473 g/mol. The molecule has 2 aliphatic heterocycles. The van der Waals surface area contributed by atoms with Gasteiger partial charge in [-0.2, -0.15) is 0 Å². The summed E-state index contributed by atoms with van der Waals surface area (Å²) in [6.45, 7) is 4.92. The number of nitrogens with one attached hydrogen (secondary N) is 2. The van der Waals surface area contributed by atoms with Crippen molar-refractivity contribution in [1.82, 2.24) is 25.1 Å². The Morgan fingerprint density at radius 3 is 2.91 bits per heavy atom. The minimum Gasteiger partial charge on any atom is -0.378 e. The van der Waals surface area contributed by atoms with Gasteiger partial charge in [-0.3, -0.25) is 9.69 Å². The molecule has 1 atom stereocenters. The maximum atomic E-state index is 12.8. The SMILES string of the molecule is O=C(NCCC1CCCO1)N1CCN(Cc2nc3scc(-c4cccs4)c3c(=O)[nH]2)CC1. The fourth-order valence-electron chi connectivity index (χ4n) is 4.33. The second-order valence-corrected chi connectivity index (χ2v) is 10.0. The summed E-state index contributed by atoms with van der Waals surface area (Å²) in [6, 6.07) is 4.01. The number of thiophene rings is 2. The molecule has 0 saturated carbocycles. The van der Waals surface area contributed by atoms with Gasteiger partial charge < -0.3 is 19.9 Å². The average Bonchev–Trinajstić information content (AvgIpc) is 3.56. The molecule has 2 aliphatic rings. The quantitative estimate of drug-likeness (QED) is 0.574. The van der Waals surface area contributed by atoms with Crippen molar-refractivity contribution in [3.63, 3.8) is 0 Å². The number of aromatic nitrogens is 2. The van der Waals surface area contributed by atoms with Crippen molar-refractivity contribution in [2.24, 2.45) is 0 Å². The predicted molar refractivity (Wildman–Crippen MR) is 127 cm³/mol. The van der Waals surface area contributed by atoms with E-state index in [4.69, 9.17) is 9.72 Å². The molecule has 3 aromatic rings. The van der Waals surface area contributed by atoms with Crippen LogP contribution in [0.15, 0.2) is 27.7 Å². The van der Waals surface area contributed by atoms with Crippen molar-refractivity contribution in [2.75, 3.05) is 39.3 Å². The molecule has 0 radical (unpaired) electrons. The van der Waals surface area contributed by atoms with E-state index < -0.39 is 0 Å². The largest absolute Gasteiger partial charge is 0.378 e. The van der Waals surface area contributed by atoms with Crippen LogP contribution >= 0.6 is 22.7 Å². The standard InChI is InChI=1S/C22H27N5O3S2/c28-20-19-16(17-4-2-12-31-17)14-32-21(19)25-18(24-20)13-26-7-9-27(10-8-26)22(29)23-6-5-15-3-1-11-30-15/h2,4,12,14-15H,1,3,5-11,13H2,(H,23,29)(H,24,25,28). The second kappa shape index (κ2) is 9.70. The van der Waals surface area contributed by atoms with Crippen LogP contribution in [-0.4, -0.2) is 71.2 Å². The fraction of sp³-hybridized carbons (Fsp3) is 0.500. The normalized spacial score (nSPS) is 19.6. The lowest BCUT2D eigenvalue weighted by atomic mass is 10.2. The zero-order chi connectivity index (χ0) is 21.9. The van der Waals surface area contributed by atoms with Crippen molar-refractivity contribution in [3.05, 3.63) is 39.1 Å². The van der Waals surface area contributed by atoms with Crippen LogP contribution < -0.4 is 10.9 Å². The first kappa shape index (κ1) is 21.6. The van der Waals surface area contributed by atoms with Crippen molar-refractivity contribution in [2.45, 2.75) is 31.9 Å². The summed E-state index contributed by atoms with van der Waals surface area (Å²) in [5.74, 6) is 0.677. The molecule has 32 heavy (non-hydrogen) atoms. The molecule has 3 aromatic heterocycles. The number of H-pyrrole nitrogens is 1. The molecule has 2 fully saturated rings. The number of carbonyl (C=O) groups excluding carboxylic acids is 1. The second-order valence-electron chi connectivity index (χ2n) is 8.24. The Bertz CT molecular complexity index is 1110. The lowest BCUT2D eigenvalue weighted by Crippen LogP contribution is -2.51. The number of amides is 2. The van der Waals surface area contributed by atoms with E-state index in [0.717, 1.165) is 54.2 Å². The molecule has 0 aliphatic carbocycles. The van der Waals surface area contributed by atoms with Gasteiger partial charge in [-0.05, 0) is 30.7 Å². The number of rotatable bonds is 6. The van der Waals surface area contributed by atoms with Crippen molar-refractivity contribution >= 4 is 38.9 Å². The maximum Gasteiger partial charge on any atom is 0.317 e. The number of fused-ring (bicyclic) bond motifs is 1. The minimum atomic E-state index is -0.0843. The first-order chi connectivity index (χ1) is 15.7. The molecule has 0 spiro atoms. The van der Waals surface area contributed by atoms with Crippen molar-refractivity contribution in [1.29, 1.82) is 0 Å². The van der Waals surface area contributed by atoms with Crippen LogP contribution in [0.3, 0.4) is 0 Å². The van der Waals surface area contributed by atoms with E-state index in [1.807, 2.05) is 27.8 Å². The van der Waals surface area contributed by atoms with Crippen LogP contribution in [0, 0.1) is 0 Å². The molecule has 1 unspecified atom stereocenters. The van der Waals surface area contributed by atoms with Crippen LogP contribution in [0.1, 0.15) is 25.1 Å². The van der Waals surface area contributed by atoms with Gasteiger partial charge in [0.05, 0.1) is 18.0 Å². The van der Waals surface area contributed by atoms with E-state index >= 15 is 0 Å². The average molecular weight is 474 g/mol. The number of ether oxygens (including phenoxy) is 1. The summed E-state index contributed by atoms with van der Waals surface area (Å²) in [7, 11) is 0. The van der Waals surface area contributed by atoms with Gasteiger partial charge >= 0.3 is 6.03 Å². The molecule has 2 N–H and O–H groups in total. The van der Waals surface area contributed by atoms with Gasteiger partial charge in [0, 0.05) is 55.2 Å². The van der Waals surface area contributed by atoms with E-state index in [1.54, 1.807) is 11.3 Å². The predicted octanol–water partition coefficient (Wildman–Crippen LogP) is 3.11. The van der Waals surface area contributed by atoms with E-state index in [9.17, 15) is 9.59 Å². The number of hydrogen-bond acceptors (Lipinski definition) is 7. The number of urea groups is 1. The molecule has 170 valence electrons. The number of carbonyl (C=O) groups is 1. The van der Waals surface area contributed by atoms with Gasteiger partial charge in [0.15, 0.2) is 0 Å². The van der Waals surface area contributed by atoms with E-state index in [-0.39, 0.29) is 11.6 Å². The lowest BCUT2D eigenvalue weighted by Gasteiger charge is -2.34. The Kier molecular flexibility index (Phi) is 6.54. The molecular formula is C22H27N5O3S2. The summed E-state index contributed by atoms with van der Waals surface area (Å²) >= 11 is 3.14. The summed E-state index contributed by atoms with van der Waals surface area (Å²) in [5.41, 5.74) is 0.873. The van der Waals surface area contributed by atoms with Crippen molar-refractivity contribution in [3.8, 4) is 10.4 Å². The van der Waals surface area contributed by atoms with Crippen molar-refractivity contribution < 1.29 is 9.53 Å². The summed E-state index contributed by atoms with van der Waals surface area (Å²) in [6.07, 6.45) is 3.39. The lowest BCUT2D eigenvalue weighted by molar-refractivity contribution is 0.102. The van der Waals surface area contributed by atoms with Gasteiger partial charge in [-0.15, -0.1) is 22.7 Å². The number of hydrogen-bond donors (Lipinski definition) is 2. The Balaban J connectivity index is 1.15. The van der Waals surface area contributed by atoms with Gasteiger partial charge in [0.2, 0.25) is 0 Å². The van der Waals surface area contributed by atoms with Crippen LogP contribution in [0.5, 0.6) is 0 Å². The summed E-state index contributed by atoms with van der Waals surface area (Å²) < 4.78 is 5.60. The van der Waals surface area contributed by atoms with Crippen LogP contribution in [-0.2, 0) is 11.3 Å². The molecule has 2 amide bonds. The van der Waals surface area contributed by atoms with E-state index in [1.165, 1.54) is 11.3 Å². The van der Waals surface area contributed by atoms with E-state index in [2.05, 4.69) is 15.2 Å². The van der Waals surface area contributed by atoms with Gasteiger partial charge in [-0.1, -0.05) is 6.07 Å². The molecule has 2 saturated heterocycles. The molecule has 0 aromatic carbocycles. The Hall–Kier alpha value is -2.27. The zero-order valence-electron chi connectivity index (χ0n) is 17.8. The molecule has 8 nitrogen and oxygen atoms in total. The highest BCUT2D eigenvalue weighted by molar-refractivity contribution is 7.18. The summed E-state index contributed by atoms with van der Waals surface area (Å²) in [5, 5.41) is 7.71. The van der Waals surface area contributed by atoms with Gasteiger partial charge in [0.25, 0.3) is 5.56 Å². The third kappa shape index (κ3) is 4.73. The van der Waals surface area contributed by atoms with Crippen LogP contribution in [0.25, 0.3) is 20.7 Å².